The van der Waals surface area contributed by atoms with Crippen molar-refractivity contribution in [3.05, 3.63) is 34.9 Å². The van der Waals surface area contributed by atoms with E-state index < -0.39 is 0 Å². The predicted molar refractivity (Wildman–Crippen MR) is 115 cm³/mol. The summed E-state index contributed by atoms with van der Waals surface area (Å²) in [4.78, 5) is 0. The van der Waals surface area contributed by atoms with Crippen LogP contribution in [0.1, 0.15) is 120 Å². The van der Waals surface area contributed by atoms with Crippen molar-refractivity contribution in [3.63, 3.8) is 0 Å². The first-order valence-electron chi connectivity index (χ1n) is 11.9. The van der Waals surface area contributed by atoms with E-state index in [1.54, 1.807) is 16.7 Å². The highest BCUT2D eigenvalue weighted by atomic mass is 14.4. The number of hydrogen-bond acceptors (Lipinski definition) is 0. The van der Waals surface area contributed by atoms with E-state index in [-0.39, 0.29) is 0 Å². The molecule has 1 fully saturated rings. The molecule has 0 amide bonds. The van der Waals surface area contributed by atoms with E-state index >= 15 is 0 Å². The maximum absolute atomic E-state index is 2.66. The average molecular weight is 355 g/mol. The van der Waals surface area contributed by atoms with Gasteiger partial charge in [-0.25, -0.2) is 0 Å². The number of fused-ring (bicyclic) bond motifs is 1. The van der Waals surface area contributed by atoms with Crippen LogP contribution in [0.3, 0.4) is 0 Å². The summed E-state index contributed by atoms with van der Waals surface area (Å²) >= 11 is 0. The minimum absolute atomic E-state index is 0.514. The number of hydrogen-bond donors (Lipinski definition) is 0. The van der Waals surface area contributed by atoms with Crippen molar-refractivity contribution in [2.45, 2.75) is 122 Å². The SMILES string of the molecule is CCCCCCCCC1(c2ccc3c(c2)CCC(CC)C3)CCCCC1. The summed E-state index contributed by atoms with van der Waals surface area (Å²) in [5.74, 6) is 0.931. The highest BCUT2D eigenvalue weighted by Crippen LogP contribution is 2.44. The zero-order valence-corrected chi connectivity index (χ0v) is 17.6. The minimum atomic E-state index is 0.514. The van der Waals surface area contributed by atoms with Crippen LogP contribution in [0.15, 0.2) is 18.2 Å². The van der Waals surface area contributed by atoms with Crippen molar-refractivity contribution < 1.29 is 0 Å². The van der Waals surface area contributed by atoms with Gasteiger partial charge in [-0.3, -0.25) is 0 Å². The van der Waals surface area contributed by atoms with Crippen LogP contribution >= 0.6 is 0 Å². The molecule has 1 aromatic rings. The summed E-state index contributed by atoms with van der Waals surface area (Å²) in [6, 6.07) is 7.72. The number of aryl methyl sites for hydroxylation is 1. The molecule has 26 heavy (non-hydrogen) atoms. The van der Waals surface area contributed by atoms with Crippen molar-refractivity contribution in [3.8, 4) is 0 Å². The summed E-state index contributed by atoms with van der Waals surface area (Å²) in [7, 11) is 0. The zero-order chi connectivity index (χ0) is 18.2. The quantitative estimate of drug-likeness (QED) is 0.392. The minimum Gasteiger partial charge on any atom is -0.0654 e. The second-order valence-electron chi connectivity index (χ2n) is 9.36. The highest BCUT2D eigenvalue weighted by molar-refractivity contribution is 5.38. The molecule has 0 saturated heterocycles. The van der Waals surface area contributed by atoms with Crippen LogP contribution < -0.4 is 0 Å². The molecule has 1 unspecified atom stereocenters. The second kappa shape index (κ2) is 9.95. The van der Waals surface area contributed by atoms with Gasteiger partial charge in [-0.1, -0.05) is 96.3 Å². The Balaban J connectivity index is 1.67. The Morgan fingerprint density at radius 3 is 2.42 bits per heavy atom. The third-order valence-electron chi connectivity index (χ3n) is 7.55. The summed E-state index contributed by atoms with van der Waals surface area (Å²) in [5, 5.41) is 0. The molecule has 146 valence electrons. The monoisotopic (exact) mass is 354 g/mol. The van der Waals surface area contributed by atoms with Gasteiger partial charge in [0.2, 0.25) is 0 Å². The van der Waals surface area contributed by atoms with Crippen LogP contribution in [0.25, 0.3) is 0 Å². The summed E-state index contributed by atoms with van der Waals surface area (Å²) < 4.78 is 0. The first-order valence-corrected chi connectivity index (χ1v) is 11.9. The molecule has 0 aromatic heterocycles. The van der Waals surface area contributed by atoms with Gasteiger partial charge in [0.15, 0.2) is 0 Å². The van der Waals surface area contributed by atoms with Gasteiger partial charge < -0.3 is 0 Å². The molecule has 1 atom stereocenters. The lowest BCUT2D eigenvalue weighted by atomic mass is 9.65. The number of rotatable bonds is 9. The van der Waals surface area contributed by atoms with Crippen molar-refractivity contribution in [2.75, 3.05) is 0 Å². The molecule has 0 heteroatoms. The Kier molecular flexibility index (Phi) is 7.64. The van der Waals surface area contributed by atoms with Gasteiger partial charge in [-0.2, -0.15) is 0 Å². The zero-order valence-electron chi connectivity index (χ0n) is 17.6. The maximum atomic E-state index is 2.66. The van der Waals surface area contributed by atoms with Gasteiger partial charge in [0.25, 0.3) is 0 Å². The number of unbranched alkanes of at least 4 members (excludes halogenated alkanes) is 5. The molecule has 2 aliphatic rings. The largest absolute Gasteiger partial charge is 0.0654 e. The fraction of sp³-hybridized carbons (Fsp3) is 0.769. The van der Waals surface area contributed by atoms with Crippen LogP contribution in [0.5, 0.6) is 0 Å². The molecule has 0 heterocycles. The third kappa shape index (κ3) is 4.93. The molecular formula is C26H42. The van der Waals surface area contributed by atoms with E-state index in [1.165, 1.54) is 103 Å². The van der Waals surface area contributed by atoms with E-state index in [0.717, 1.165) is 5.92 Å². The first-order chi connectivity index (χ1) is 12.8. The lowest BCUT2D eigenvalue weighted by Gasteiger charge is -2.39. The van der Waals surface area contributed by atoms with Gasteiger partial charge in [-0.15, -0.1) is 0 Å². The lowest BCUT2D eigenvalue weighted by molar-refractivity contribution is 0.265. The molecular weight excluding hydrogens is 312 g/mol. The summed E-state index contributed by atoms with van der Waals surface area (Å²) in [5.41, 5.74) is 5.58. The first kappa shape index (κ1) is 20.0. The smallest absolute Gasteiger partial charge is 0.00469 e. The normalized spacial score (nSPS) is 22.2. The molecule has 0 N–H and O–H groups in total. The second-order valence-corrected chi connectivity index (χ2v) is 9.36. The van der Waals surface area contributed by atoms with Crippen molar-refractivity contribution in [1.29, 1.82) is 0 Å². The van der Waals surface area contributed by atoms with Gasteiger partial charge in [0, 0.05) is 0 Å². The van der Waals surface area contributed by atoms with E-state index in [2.05, 4.69) is 32.0 Å². The fourth-order valence-corrected chi connectivity index (χ4v) is 5.66. The Morgan fingerprint density at radius 2 is 1.65 bits per heavy atom. The van der Waals surface area contributed by atoms with Crippen LogP contribution in [-0.2, 0) is 18.3 Å². The maximum Gasteiger partial charge on any atom is -0.00469 e. The van der Waals surface area contributed by atoms with Crippen molar-refractivity contribution >= 4 is 0 Å². The molecule has 0 aliphatic heterocycles. The van der Waals surface area contributed by atoms with Gasteiger partial charge in [0.1, 0.15) is 0 Å². The summed E-state index contributed by atoms with van der Waals surface area (Å²) in [6.07, 6.45) is 22.7. The Bertz CT molecular complexity index is 535. The molecule has 1 saturated carbocycles. The molecule has 0 bridgehead atoms. The van der Waals surface area contributed by atoms with Crippen LogP contribution in [0, 0.1) is 5.92 Å². The van der Waals surface area contributed by atoms with Crippen LogP contribution in [-0.4, -0.2) is 0 Å². The van der Waals surface area contributed by atoms with E-state index in [1.807, 2.05) is 0 Å². The Hall–Kier alpha value is -0.780. The van der Waals surface area contributed by atoms with Crippen molar-refractivity contribution in [1.82, 2.24) is 0 Å². The molecule has 3 rings (SSSR count). The highest BCUT2D eigenvalue weighted by Gasteiger charge is 2.34. The van der Waals surface area contributed by atoms with E-state index in [9.17, 15) is 0 Å². The van der Waals surface area contributed by atoms with Gasteiger partial charge in [0.05, 0.1) is 0 Å². The lowest BCUT2D eigenvalue weighted by Crippen LogP contribution is -2.29. The molecule has 0 radical (unpaired) electrons. The average Bonchev–Trinajstić information content (AvgIpc) is 2.70. The predicted octanol–water partition coefficient (Wildman–Crippen LogP) is 8.15. The topological polar surface area (TPSA) is 0 Å². The molecule has 2 aliphatic carbocycles. The van der Waals surface area contributed by atoms with Crippen LogP contribution in [0.4, 0.5) is 0 Å². The van der Waals surface area contributed by atoms with Gasteiger partial charge in [-0.05, 0) is 66.5 Å². The molecule has 0 nitrogen and oxygen atoms in total. The molecule has 1 aromatic carbocycles. The van der Waals surface area contributed by atoms with Crippen LogP contribution in [0.2, 0.25) is 0 Å². The Labute approximate surface area is 163 Å². The Morgan fingerprint density at radius 1 is 0.885 bits per heavy atom. The fourth-order valence-electron chi connectivity index (χ4n) is 5.66. The standard InChI is InChI=1S/C26H42/c1-3-5-6-7-8-10-17-26(18-11-9-12-19-26)25-16-15-23-20-22(4-2)13-14-24(23)21-25/h15-16,21-22H,3-14,17-20H2,1-2H3. The third-order valence-corrected chi connectivity index (χ3v) is 7.55. The summed E-state index contributed by atoms with van der Waals surface area (Å²) in [6.45, 7) is 4.68. The van der Waals surface area contributed by atoms with Crippen molar-refractivity contribution in [2.24, 2.45) is 5.92 Å². The van der Waals surface area contributed by atoms with E-state index in [0.29, 0.717) is 5.41 Å². The molecule has 0 spiro atoms. The van der Waals surface area contributed by atoms with Gasteiger partial charge >= 0.3 is 0 Å². The number of benzene rings is 1. The van der Waals surface area contributed by atoms with E-state index in [4.69, 9.17) is 0 Å².